The van der Waals surface area contributed by atoms with Crippen LogP contribution in [0.5, 0.6) is 0 Å². The van der Waals surface area contributed by atoms with Crippen molar-refractivity contribution in [3.63, 3.8) is 0 Å². The first-order valence-corrected chi connectivity index (χ1v) is 16.6. The van der Waals surface area contributed by atoms with Crippen LogP contribution in [0.3, 0.4) is 0 Å². The van der Waals surface area contributed by atoms with Crippen molar-refractivity contribution >= 4 is 30.1 Å². The molecule has 0 aromatic heterocycles. The number of hydrogen-bond acceptors (Lipinski definition) is 6. The van der Waals surface area contributed by atoms with Gasteiger partial charge in [0.15, 0.2) is 0 Å². The molecule has 51 heavy (non-hydrogen) atoms. The Hall–Kier alpha value is -5.33. The zero-order chi connectivity index (χ0) is 36.9. The smallest absolute Gasteiger partial charge is 0.416 e. The van der Waals surface area contributed by atoms with Crippen molar-refractivity contribution in [2.45, 2.75) is 76.1 Å². The van der Waals surface area contributed by atoms with Crippen molar-refractivity contribution in [3.8, 4) is 0 Å². The Bertz CT molecular complexity index is 1760. The molecule has 5 rings (SSSR count). The summed E-state index contributed by atoms with van der Waals surface area (Å²) >= 11 is 0. The molecule has 0 unspecified atom stereocenters. The molecular formula is C38H41F3N4O6. The van der Waals surface area contributed by atoms with Gasteiger partial charge < -0.3 is 25.0 Å². The van der Waals surface area contributed by atoms with Crippen LogP contribution in [0.2, 0.25) is 0 Å². The van der Waals surface area contributed by atoms with Gasteiger partial charge in [-0.05, 0) is 68.0 Å². The molecular weight excluding hydrogens is 665 g/mol. The van der Waals surface area contributed by atoms with Gasteiger partial charge in [0, 0.05) is 13.1 Å². The minimum atomic E-state index is -4.57. The van der Waals surface area contributed by atoms with Crippen molar-refractivity contribution in [3.05, 3.63) is 113 Å². The largest absolute Gasteiger partial charge is 0.447 e. The van der Waals surface area contributed by atoms with Crippen molar-refractivity contribution in [2.75, 3.05) is 13.2 Å². The van der Waals surface area contributed by atoms with E-state index in [0.29, 0.717) is 11.1 Å². The Balaban J connectivity index is 1.47. The van der Waals surface area contributed by atoms with E-state index in [0.717, 1.165) is 17.7 Å². The fourth-order valence-electron chi connectivity index (χ4n) is 6.43. The summed E-state index contributed by atoms with van der Waals surface area (Å²) in [4.78, 5) is 56.9. The highest BCUT2D eigenvalue weighted by atomic mass is 19.4. The Morgan fingerprint density at radius 3 is 2.37 bits per heavy atom. The van der Waals surface area contributed by atoms with Crippen LogP contribution in [0.4, 0.5) is 22.8 Å². The number of nitrogens with one attached hydrogen (secondary N) is 2. The van der Waals surface area contributed by atoms with E-state index < -0.39 is 65.5 Å². The summed E-state index contributed by atoms with van der Waals surface area (Å²) in [5, 5.41) is 5.38. The first kappa shape index (κ1) is 36.9. The van der Waals surface area contributed by atoms with Crippen molar-refractivity contribution in [1.82, 2.24) is 20.4 Å². The van der Waals surface area contributed by atoms with E-state index in [4.69, 9.17) is 9.47 Å². The number of nitrogens with zero attached hydrogens (tertiary/aromatic N) is 2. The highest BCUT2D eigenvalue weighted by Crippen LogP contribution is 2.46. The quantitative estimate of drug-likeness (QED) is 0.158. The second-order valence-electron chi connectivity index (χ2n) is 13.4. The van der Waals surface area contributed by atoms with E-state index in [-0.39, 0.29) is 38.1 Å². The number of β-lactam (4-membered cyclic amide) rings is 1. The van der Waals surface area contributed by atoms with E-state index >= 15 is 0 Å². The molecule has 2 aliphatic heterocycles. The molecule has 0 spiro atoms. The van der Waals surface area contributed by atoms with Gasteiger partial charge in [-0.1, -0.05) is 79.4 Å². The lowest BCUT2D eigenvalue weighted by molar-refractivity contribution is -0.167. The topological polar surface area (TPSA) is 117 Å². The maximum absolute atomic E-state index is 14.4. The number of hydrogen-bond donors (Lipinski definition) is 2. The maximum Gasteiger partial charge on any atom is 0.416 e. The van der Waals surface area contributed by atoms with Gasteiger partial charge >= 0.3 is 18.4 Å². The molecule has 3 aromatic rings. The van der Waals surface area contributed by atoms with E-state index in [1.54, 1.807) is 45.0 Å². The molecule has 270 valence electrons. The highest BCUT2D eigenvalue weighted by molar-refractivity contribution is 5.97. The van der Waals surface area contributed by atoms with Crippen LogP contribution in [0.15, 0.2) is 85.4 Å². The van der Waals surface area contributed by atoms with Crippen LogP contribution in [0.1, 0.15) is 73.5 Å². The van der Waals surface area contributed by atoms with Gasteiger partial charge in [0.2, 0.25) is 11.8 Å². The molecule has 2 aliphatic rings. The molecule has 0 saturated carbocycles. The molecule has 0 aliphatic carbocycles. The van der Waals surface area contributed by atoms with Crippen LogP contribution in [0.25, 0.3) is 6.08 Å². The molecule has 4 atom stereocenters. The Labute approximate surface area is 294 Å². The molecule has 4 amide bonds. The van der Waals surface area contributed by atoms with Gasteiger partial charge in [0.25, 0.3) is 0 Å². The zero-order valence-corrected chi connectivity index (χ0v) is 28.6. The van der Waals surface area contributed by atoms with Gasteiger partial charge in [-0.25, -0.2) is 9.59 Å². The summed E-state index contributed by atoms with van der Waals surface area (Å²) in [5.74, 6) is -1.11. The molecule has 2 heterocycles. The van der Waals surface area contributed by atoms with Gasteiger partial charge in [0.05, 0.1) is 17.6 Å². The first-order chi connectivity index (χ1) is 24.2. The first-order valence-electron chi connectivity index (χ1n) is 16.6. The fourth-order valence-corrected chi connectivity index (χ4v) is 6.43. The number of likely N-dealkylation sites (tertiary alicyclic amines) is 1. The van der Waals surface area contributed by atoms with Gasteiger partial charge in [-0.2, -0.15) is 13.2 Å². The second-order valence-corrected chi connectivity index (χ2v) is 13.4. The summed E-state index contributed by atoms with van der Waals surface area (Å²) in [7, 11) is 0. The van der Waals surface area contributed by atoms with Crippen molar-refractivity contribution in [2.24, 2.45) is 0 Å². The number of rotatable bonds is 12. The molecule has 3 aromatic carbocycles. The lowest BCUT2D eigenvalue weighted by Crippen LogP contribution is -2.70. The minimum absolute atomic E-state index is 0.0275. The highest BCUT2D eigenvalue weighted by Gasteiger charge is 2.59. The Morgan fingerprint density at radius 2 is 1.69 bits per heavy atom. The SMILES string of the molecule is C=Cc1ccccc1[C@@H]1[C@H](N2C(=O)OC[C@@H]2c2ccccc2)C(=O)N1[C@@H](CCCNC(=O)OC(C)(C)C)C(=O)NCc1cccc(C(F)(F)F)c1. The minimum Gasteiger partial charge on any atom is -0.447 e. The zero-order valence-electron chi connectivity index (χ0n) is 28.6. The van der Waals surface area contributed by atoms with Crippen LogP contribution in [-0.2, 0) is 31.8 Å². The average molecular weight is 707 g/mol. The number of amides is 4. The van der Waals surface area contributed by atoms with Gasteiger partial charge in [-0.3, -0.25) is 14.5 Å². The lowest BCUT2D eigenvalue weighted by Gasteiger charge is -2.54. The lowest BCUT2D eigenvalue weighted by atomic mass is 9.81. The van der Waals surface area contributed by atoms with E-state index in [1.165, 1.54) is 21.9 Å². The maximum atomic E-state index is 14.4. The third kappa shape index (κ3) is 8.53. The average Bonchev–Trinajstić information content (AvgIpc) is 3.46. The fraction of sp³-hybridized carbons (Fsp3) is 0.368. The van der Waals surface area contributed by atoms with Crippen LogP contribution >= 0.6 is 0 Å². The summed E-state index contributed by atoms with van der Waals surface area (Å²) in [6, 6.07) is 17.4. The molecule has 2 fully saturated rings. The van der Waals surface area contributed by atoms with Crippen molar-refractivity contribution in [1.29, 1.82) is 0 Å². The molecule has 0 radical (unpaired) electrons. The van der Waals surface area contributed by atoms with Crippen LogP contribution < -0.4 is 10.6 Å². The Morgan fingerprint density at radius 1 is 0.980 bits per heavy atom. The summed E-state index contributed by atoms with van der Waals surface area (Å²) in [6.07, 6.45) is -3.95. The number of benzene rings is 3. The molecule has 0 bridgehead atoms. The number of halogens is 3. The van der Waals surface area contributed by atoms with Crippen LogP contribution in [0, 0.1) is 0 Å². The normalized spacial score (nSPS) is 19.5. The predicted molar refractivity (Wildman–Crippen MR) is 183 cm³/mol. The summed E-state index contributed by atoms with van der Waals surface area (Å²) in [5.41, 5.74) is 0.736. The van der Waals surface area contributed by atoms with Crippen molar-refractivity contribution < 1.29 is 41.8 Å². The number of alkyl halides is 3. The van der Waals surface area contributed by atoms with E-state index in [9.17, 15) is 32.3 Å². The monoisotopic (exact) mass is 706 g/mol. The number of carbonyl (C=O) groups is 4. The third-order valence-corrected chi connectivity index (χ3v) is 8.72. The predicted octanol–water partition coefficient (Wildman–Crippen LogP) is 6.78. The molecule has 2 saturated heterocycles. The second kappa shape index (κ2) is 15.3. The number of cyclic esters (lactones) is 1. The van der Waals surface area contributed by atoms with Gasteiger partial charge in [-0.15, -0.1) is 0 Å². The summed E-state index contributed by atoms with van der Waals surface area (Å²) < 4.78 is 51.0. The van der Waals surface area contributed by atoms with E-state index in [2.05, 4.69) is 17.2 Å². The Kier molecular flexibility index (Phi) is 11.1. The summed E-state index contributed by atoms with van der Waals surface area (Å²) in [6.45, 7) is 9.01. The van der Waals surface area contributed by atoms with E-state index in [1.807, 2.05) is 36.4 Å². The number of carbonyl (C=O) groups excluding carboxylic acids is 4. The number of alkyl carbamates (subject to hydrolysis) is 1. The molecule has 2 N–H and O–H groups in total. The third-order valence-electron chi connectivity index (χ3n) is 8.72. The number of ether oxygens (including phenoxy) is 2. The van der Waals surface area contributed by atoms with Gasteiger partial charge in [0.1, 0.15) is 24.3 Å². The standard InChI is InChI=1S/C38H41F3N4O6/c1-5-25-14-9-10-18-28(25)31-32(45-30(23-50-36(45)49)26-15-7-6-8-16-26)34(47)44(31)29(19-12-20-42-35(48)51-37(2,3)4)33(46)43-22-24-13-11-17-27(21-24)38(39,40)41/h5-11,13-18,21,29-32H,1,12,19-20,22-23H2,2-4H3,(H,42,48)(H,43,46)/t29-,30+,31+,32-/m0/s1. The van der Waals surface area contributed by atoms with Crippen LogP contribution in [-0.4, -0.2) is 64.6 Å². The molecule has 13 heteroatoms. The molecule has 10 nitrogen and oxygen atoms in total.